The van der Waals surface area contributed by atoms with Crippen LogP contribution in [0.5, 0.6) is 0 Å². The van der Waals surface area contributed by atoms with Gasteiger partial charge in [-0.3, -0.25) is 4.79 Å². The van der Waals surface area contributed by atoms with Crippen molar-refractivity contribution in [2.24, 2.45) is 5.92 Å². The minimum Gasteiger partial charge on any atom is -0.399 e. The summed E-state index contributed by atoms with van der Waals surface area (Å²) in [6.07, 6.45) is 2.80. The summed E-state index contributed by atoms with van der Waals surface area (Å²) in [7, 11) is 0. The molecule has 1 saturated carbocycles. The van der Waals surface area contributed by atoms with Crippen LogP contribution in [-0.4, -0.2) is 11.9 Å². The highest BCUT2D eigenvalue weighted by Gasteiger charge is 2.26. The minimum absolute atomic E-state index is 0.163. The second-order valence-electron chi connectivity index (χ2n) is 5.61. The van der Waals surface area contributed by atoms with Crippen LogP contribution in [0.15, 0.2) is 24.3 Å². The van der Waals surface area contributed by atoms with Crippen LogP contribution < -0.4 is 11.1 Å². The average molecular weight is 246 g/mol. The number of benzene rings is 1. The molecule has 98 valence electrons. The predicted octanol–water partition coefficient (Wildman–Crippen LogP) is 2.68. The number of anilines is 1. The number of hydrogen-bond donors (Lipinski definition) is 2. The third-order valence-corrected chi connectivity index (χ3v) is 3.74. The van der Waals surface area contributed by atoms with Gasteiger partial charge < -0.3 is 11.1 Å². The van der Waals surface area contributed by atoms with Gasteiger partial charge in [0.05, 0.1) is 0 Å². The first-order chi connectivity index (χ1) is 8.54. The Labute approximate surface area is 109 Å². The molecule has 1 aromatic carbocycles. The van der Waals surface area contributed by atoms with Crippen molar-refractivity contribution in [1.82, 2.24) is 5.32 Å². The van der Waals surface area contributed by atoms with Crippen molar-refractivity contribution in [3.63, 3.8) is 0 Å². The van der Waals surface area contributed by atoms with Crippen molar-refractivity contribution in [3.05, 3.63) is 29.8 Å². The molecule has 3 heteroatoms. The van der Waals surface area contributed by atoms with E-state index < -0.39 is 0 Å². The summed E-state index contributed by atoms with van der Waals surface area (Å²) in [5, 5.41) is 3.10. The summed E-state index contributed by atoms with van der Waals surface area (Å²) >= 11 is 0. The second kappa shape index (κ2) is 5.42. The Bertz CT molecular complexity index is 407. The van der Waals surface area contributed by atoms with Gasteiger partial charge in [-0.2, -0.15) is 0 Å². The van der Waals surface area contributed by atoms with Gasteiger partial charge in [0.15, 0.2) is 0 Å². The quantitative estimate of drug-likeness (QED) is 0.802. The standard InChI is InChI=1S/C15H22N2O/c1-10-7-14(8-10)17-15(18)9-11(2)12-3-5-13(16)6-4-12/h3-6,10-11,14H,7-9,16H2,1-2H3,(H,17,18). The smallest absolute Gasteiger partial charge is 0.220 e. The topological polar surface area (TPSA) is 55.1 Å². The Kier molecular flexibility index (Phi) is 3.90. The normalized spacial score (nSPS) is 24.1. The Morgan fingerprint density at radius 3 is 2.56 bits per heavy atom. The molecule has 0 saturated heterocycles. The molecule has 0 radical (unpaired) electrons. The first kappa shape index (κ1) is 12.9. The summed E-state index contributed by atoms with van der Waals surface area (Å²) in [5.74, 6) is 1.17. The molecule has 1 aromatic rings. The number of amides is 1. The molecule has 3 N–H and O–H groups in total. The zero-order valence-electron chi connectivity index (χ0n) is 11.1. The van der Waals surface area contributed by atoms with Gasteiger partial charge in [0.1, 0.15) is 0 Å². The molecular formula is C15H22N2O. The largest absolute Gasteiger partial charge is 0.399 e. The number of nitrogens with two attached hydrogens (primary N) is 1. The molecular weight excluding hydrogens is 224 g/mol. The lowest BCUT2D eigenvalue weighted by molar-refractivity contribution is -0.122. The predicted molar refractivity (Wildman–Crippen MR) is 74.2 cm³/mol. The van der Waals surface area contributed by atoms with Gasteiger partial charge >= 0.3 is 0 Å². The fourth-order valence-corrected chi connectivity index (χ4v) is 2.53. The summed E-state index contributed by atoms with van der Waals surface area (Å²) in [6, 6.07) is 8.18. The second-order valence-corrected chi connectivity index (χ2v) is 5.61. The van der Waals surface area contributed by atoms with Gasteiger partial charge in [-0.15, -0.1) is 0 Å². The third-order valence-electron chi connectivity index (χ3n) is 3.74. The van der Waals surface area contributed by atoms with E-state index in [0.29, 0.717) is 12.5 Å². The molecule has 0 heterocycles. The molecule has 1 aliphatic rings. The fraction of sp³-hybridized carbons (Fsp3) is 0.533. The van der Waals surface area contributed by atoms with Crippen molar-refractivity contribution in [1.29, 1.82) is 0 Å². The molecule has 1 aliphatic carbocycles. The van der Waals surface area contributed by atoms with E-state index in [1.54, 1.807) is 0 Å². The van der Waals surface area contributed by atoms with E-state index in [0.717, 1.165) is 24.4 Å². The van der Waals surface area contributed by atoms with Gasteiger partial charge in [0, 0.05) is 18.2 Å². The molecule has 1 unspecified atom stereocenters. The van der Waals surface area contributed by atoms with Crippen molar-refractivity contribution in [2.45, 2.75) is 45.1 Å². The summed E-state index contributed by atoms with van der Waals surface area (Å²) in [6.45, 7) is 4.30. The first-order valence-corrected chi connectivity index (χ1v) is 6.69. The highest BCUT2D eigenvalue weighted by atomic mass is 16.1. The molecule has 1 amide bonds. The zero-order chi connectivity index (χ0) is 13.1. The van der Waals surface area contributed by atoms with Gasteiger partial charge in [-0.1, -0.05) is 26.0 Å². The average Bonchev–Trinajstić information content (AvgIpc) is 2.27. The number of carbonyl (C=O) groups is 1. The van der Waals surface area contributed by atoms with Crippen LogP contribution in [0, 0.1) is 5.92 Å². The summed E-state index contributed by atoms with van der Waals surface area (Å²) in [4.78, 5) is 11.9. The number of rotatable bonds is 4. The van der Waals surface area contributed by atoms with E-state index in [1.807, 2.05) is 24.3 Å². The highest BCUT2D eigenvalue weighted by molar-refractivity contribution is 5.77. The number of hydrogen-bond acceptors (Lipinski definition) is 2. The van der Waals surface area contributed by atoms with Crippen molar-refractivity contribution >= 4 is 11.6 Å². The fourth-order valence-electron chi connectivity index (χ4n) is 2.53. The Hall–Kier alpha value is -1.51. The maximum Gasteiger partial charge on any atom is 0.220 e. The maximum absolute atomic E-state index is 11.9. The summed E-state index contributed by atoms with van der Waals surface area (Å²) < 4.78 is 0. The highest BCUT2D eigenvalue weighted by Crippen LogP contribution is 2.27. The lowest BCUT2D eigenvalue weighted by Crippen LogP contribution is -2.43. The van der Waals surface area contributed by atoms with E-state index in [-0.39, 0.29) is 11.8 Å². The Morgan fingerprint density at radius 2 is 2.00 bits per heavy atom. The SMILES string of the molecule is CC1CC(NC(=O)CC(C)c2ccc(N)cc2)C1. The maximum atomic E-state index is 11.9. The number of nitrogen functional groups attached to an aromatic ring is 1. The number of nitrogens with one attached hydrogen (secondary N) is 1. The molecule has 2 rings (SSSR count). The molecule has 0 bridgehead atoms. The monoisotopic (exact) mass is 246 g/mol. The van der Waals surface area contributed by atoms with Crippen LogP contribution in [-0.2, 0) is 4.79 Å². The van der Waals surface area contributed by atoms with Crippen LogP contribution in [0.3, 0.4) is 0 Å². The van der Waals surface area contributed by atoms with Crippen molar-refractivity contribution in [2.75, 3.05) is 5.73 Å². The molecule has 0 aromatic heterocycles. The summed E-state index contributed by atoms with van der Waals surface area (Å²) in [5.41, 5.74) is 7.58. The van der Waals surface area contributed by atoms with E-state index in [4.69, 9.17) is 5.73 Å². The number of carbonyl (C=O) groups excluding carboxylic acids is 1. The van der Waals surface area contributed by atoms with Gasteiger partial charge in [0.2, 0.25) is 5.91 Å². The molecule has 18 heavy (non-hydrogen) atoms. The first-order valence-electron chi connectivity index (χ1n) is 6.69. The van der Waals surface area contributed by atoms with E-state index in [2.05, 4.69) is 19.2 Å². The van der Waals surface area contributed by atoms with Crippen LogP contribution in [0.25, 0.3) is 0 Å². The molecule has 1 fully saturated rings. The molecule has 3 nitrogen and oxygen atoms in total. The van der Waals surface area contributed by atoms with Crippen LogP contribution >= 0.6 is 0 Å². The Morgan fingerprint density at radius 1 is 1.39 bits per heavy atom. The van der Waals surface area contributed by atoms with Crippen molar-refractivity contribution in [3.8, 4) is 0 Å². The van der Waals surface area contributed by atoms with Gasteiger partial charge in [0.25, 0.3) is 0 Å². The van der Waals surface area contributed by atoms with E-state index in [1.165, 1.54) is 5.56 Å². The molecule has 0 spiro atoms. The molecule has 0 aliphatic heterocycles. The minimum atomic E-state index is 0.163. The van der Waals surface area contributed by atoms with Crippen LogP contribution in [0.1, 0.15) is 44.6 Å². The molecule has 1 atom stereocenters. The zero-order valence-corrected chi connectivity index (χ0v) is 11.1. The Balaban J connectivity index is 1.81. The lowest BCUT2D eigenvalue weighted by atomic mass is 9.81. The van der Waals surface area contributed by atoms with Gasteiger partial charge in [-0.25, -0.2) is 0 Å². The van der Waals surface area contributed by atoms with Gasteiger partial charge in [-0.05, 0) is 42.4 Å². The van der Waals surface area contributed by atoms with E-state index >= 15 is 0 Å². The van der Waals surface area contributed by atoms with E-state index in [9.17, 15) is 4.79 Å². The third kappa shape index (κ3) is 3.25. The lowest BCUT2D eigenvalue weighted by Gasteiger charge is -2.33. The van der Waals surface area contributed by atoms with Crippen LogP contribution in [0.4, 0.5) is 5.69 Å². The van der Waals surface area contributed by atoms with Crippen molar-refractivity contribution < 1.29 is 4.79 Å². The van der Waals surface area contributed by atoms with Crippen LogP contribution in [0.2, 0.25) is 0 Å².